The summed E-state index contributed by atoms with van der Waals surface area (Å²) in [5, 5.41) is 1.06. The minimum absolute atomic E-state index is 0.174. The Bertz CT molecular complexity index is 650. The molecule has 2 aliphatic rings. The molecular weight excluding hydrogens is 224 g/mol. The van der Waals surface area contributed by atoms with E-state index in [-0.39, 0.29) is 11.9 Å². The lowest BCUT2D eigenvalue weighted by molar-refractivity contribution is 0.0669. The van der Waals surface area contributed by atoms with E-state index in [2.05, 4.69) is 0 Å². The third-order valence-electron chi connectivity index (χ3n) is 4.06. The van der Waals surface area contributed by atoms with E-state index >= 15 is 0 Å². The fourth-order valence-electron chi connectivity index (χ4n) is 3.17. The van der Waals surface area contributed by atoms with E-state index in [1.54, 1.807) is 0 Å². The van der Waals surface area contributed by atoms with Crippen molar-refractivity contribution in [1.29, 1.82) is 0 Å². The molecule has 2 aliphatic heterocycles. The van der Waals surface area contributed by atoms with Crippen LogP contribution in [0.1, 0.15) is 41.4 Å². The molecule has 0 radical (unpaired) electrons. The molecule has 3 heterocycles. The Kier molecular flexibility index (Phi) is 1.98. The highest BCUT2D eigenvalue weighted by Gasteiger charge is 2.39. The van der Waals surface area contributed by atoms with Crippen molar-refractivity contribution in [1.82, 2.24) is 9.88 Å². The van der Waals surface area contributed by atoms with Gasteiger partial charge in [-0.05, 0) is 31.4 Å². The Labute approximate surface area is 105 Å². The van der Waals surface area contributed by atoms with E-state index in [1.165, 1.54) is 6.42 Å². The van der Waals surface area contributed by atoms with Crippen LogP contribution in [-0.4, -0.2) is 22.3 Å². The Morgan fingerprint density at radius 1 is 1.22 bits per heavy atom. The van der Waals surface area contributed by atoms with Crippen molar-refractivity contribution in [2.45, 2.75) is 25.3 Å². The van der Waals surface area contributed by atoms with E-state index in [4.69, 9.17) is 4.98 Å². The second kappa shape index (κ2) is 3.55. The number of hydrogen-bond acceptors (Lipinski definition) is 2. The zero-order valence-corrected chi connectivity index (χ0v) is 10.1. The van der Waals surface area contributed by atoms with Crippen LogP contribution >= 0.6 is 0 Å². The fraction of sp³-hybridized carbons (Fsp3) is 0.333. The standard InChI is InChI=1S/C15H14N2O/c18-15-11-9-10-5-1-2-6-12(10)16-14(11)13-7-3-4-8-17(13)15/h1-2,5-6,9,13H,3-4,7-8H2/t13-/m1/s1. The average Bonchev–Trinajstić information content (AvgIpc) is 2.71. The van der Waals surface area contributed by atoms with Crippen LogP contribution in [0.2, 0.25) is 0 Å². The lowest BCUT2D eigenvalue weighted by Crippen LogP contribution is -2.32. The maximum Gasteiger partial charge on any atom is 0.256 e. The van der Waals surface area contributed by atoms with E-state index in [1.807, 2.05) is 35.2 Å². The largest absolute Gasteiger partial charge is 0.330 e. The van der Waals surface area contributed by atoms with Crippen LogP contribution < -0.4 is 0 Å². The molecule has 3 heteroatoms. The summed E-state index contributed by atoms with van der Waals surface area (Å²) in [7, 11) is 0. The average molecular weight is 238 g/mol. The first-order chi connectivity index (χ1) is 8.84. The summed E-state index contributed by atoms with van der Waals surface area (Å²) in [6.45, 7) is 0.885. The Hall–Kier alpha value is -1.90. The molecule has 1 saturated heterocycles. The summed E-state index contributed by atoms with van der Waals surface area (Å²) in [4.78, 5) is 19.1. The SMILES string of the molecule is O=C1c2cc3ccccc3nc2[C@H]2CCCCN12. The summed E-state index contributed by atoms with van der Waals surface area (Å²) in [5.41, 5.74) is 2.82. The number of hydrogen-bond donors (Lipinski definition) is 0. The predicted molar refractivity (Wildman–Crippen MR) is 69.4 cm³/mol. The molecule has 1 amide bonds. The van der Waals surface area contributed by atoms with Crippen LogP contribution in [0.4, 0.5) is 0 Å². The normalized spacial score (nSPS) is 22.1. The molecule has 90 valence electrons. The Balaban J connectivity index is 1.96. The Morgan fingerprint density at radius 2 is 2.11 bits per heavy atom. The van der Waals surface area contributed by atoms with Crippen molar-refractivity contribution >= 4 is 16.8 Å². The van der Waals surface area contributed by atoms with E-state index in [0.29, 0.717) is 0 Å². The molecule has 1 atom stereocenters. The van der Waals surface area contributed by atoms with Crippen LogP contribution in [0.15, 0.2) is 30.3 Å². The number of amides is 1. The summed E-state index contributed by atoms with van der Waals surface area (Å²) in [6.07, 6.45) is 3.38. The minimum atomic E-state index is 0.174. The smallest absolute Gasteiger partial charge is 0.256 e. The van der Waals surface area contributed by atoms with Gasteiger partial charge in [0.25, 0.3) is 5.91 Å². The number of carbonyl (C=O) groups excluding carboxylic acids is 1. The first kappa shape index (κ1) is 10.1. The van der Waals surface area contributed by atoms with Gasteiger partial charge in [-0.15, -0.1) is 0 Å². The van der Waals surface area contributed by atoms with Crippen molar-refractivity contribution in [3.8, 4) is 0 Å². The molecule has 0 spiro atoms. The van der Waals surface area contributed by atoms with Gasteiger partial charge in [-0.1, -0.05) is 18.2 Å². The van der Waals surface area contributed by atoms with Gasteiger partial charge < -0.3 is 4.90 Å². The monoisotopic (exact) mass is 238 g/mol. The van der Waals surface area contributed by atoms with Gasteiger partial charge in [0.2, 0.25) is 0 Å². The summed E-state index contributed by atoms with van der Waals surface area (Å²) >= 11 is 0. The molecule has 3 nitrogen and oxygen atoms in total. The molecule has 1 aromatic heterocycles. The molecule has 0 N–H and O–H groups in total. The molecule has 4 rings (SSSR count). The summed E-state index contributed by atoms with van der Waals surface area (Å²) in [6, 6.07) is 10.3. The van der Waals surface area contributed by atoms with Crippen molar-refractivity contribution in [3.63, 3.8) is 0 Å². The van der Waals surface area contributed by atoms with Gasteiger partial charge in [0.1, 0.15) is 0 Å². The first-order valence-electron chi connectivity index (χ1n) is 6.55. The molecule has 1 fully saturated rings. The first-order valence-corrected chi connectivity index (χ1v) is 6.55. The second-order valence-electron chi connectivity index (χ2n) is 5.12. The van der Waals surface area contributed by atoms with Gasteiger partial charge in [-0.3, -0.25) is 4.79 Å². The van der Waals surface area contributed by atoms with Crippen molar-refractivity contribution < 1.29 is 4.79 Å². The third-order valence-corrected chi connectivity index (χ3v) is 4.06. The number of carbonyl (C=O) groups is 1. The molecule has 2 aromatic rings. The van der Waals surface area contributed by atoms with E-state index in [0.717, 1.165) is 41.5 Å². The lowest BCUT2D eigenvalue weighted by Gasteiger charge is -2.29. The van der Waals surface area contributed by atoms with Gasteiger partial charge in [-0.2, -0.15) is 0 Å². The molecule has 0 bridgehead atoms. The summed E-state index contributed by atoms with van der Waals surface area (Å²) < 4.78 is 0. The van der Waals surface area contributed by atoms with Crippen LogP contribution in [0.3, 0.4) is 0 Å². The van der Waals surface area contributed by atoms with Gasteiger partial charge in [0, 0.05) is 11.9 Å². The van der Waals surface area contributed by atoms with Crippen molar-refractivity contribution in [2.75, 3.05) is 6.54 Å². The number of piperidine rings is 1. The highest BCUT2D eigenvalue weighted by Crippen LogP contribution is 2.39. The van der Waals surface area contributed by atoms with Crippen LogP contribution in [0, 0.1) is 0 Å². The quantitative estimate of drug-likeness (QED) is 0.707. The molecule has 18 heavy (non-hydrogen) atoms. The molecule has 0 saturated carbocycles. The second-order valence-corrected chi connectivity index (χ2v) is 5.12. The molecule has 1 aromatic carbocycles. The van der Waals surface area contributed by atoms with Crippen molar-refractivity contribution in [2.24, 2.45) is 0 Å². The van der Waals surface area contributed by atoms with Gasteiger partial charge in [-0.25, -0.2) is 4.98 Å². The topological polar surface area (TPSA) is 33.2 Å². The fourth-order valence-corrected chi connectivity index (χ4v) is 3.17. The number of para-hydroxylation sites is 1. The van der Waals surface area contributed by atoms with Gasteiger partial charge in [0.15, 0.2) is 0 Å². The van der Waals surface area contributed by atoms with E-state index < -0.39 is 0 Å². The third kappa shape index (κ3) is 1.24. The molecular formula is C15H14N2O. The van der Waals surface area contributed by atoms with Crippen molar-refractivity contribution in [3.05, 3.63) is 41.6 Å². The maximum atomic E-state index is 12.4. The molecule has 0 aliphatic carbocycles. The highest BCUT2D eigenvalue weighted by atomic mass is 16.2. The number of pyridine rings is 1. The highest BCUT2D eigenvalue weighted by molar-refractivity contribution is 6.01. The zero-order valence-electron chi connectivity index (χ0n) is 10.1. The van der Waals surface area contributed by atoms with Crippen LogP contribution in [0.25, 0.3) is 10.9 Å². The number of benzene rings is 1. The number of aromatic nitrogens is 1. The zero-order chi connectivity index (χ0) is 12.1. The molecule has 0 unspecified atom stereocenters. The Morgan fingerprint density at radius 3 is 3.06 bits per heavy atom. The lowest BCUT2D eigenvalue weighted by atomic mass is 10.0. The predicted octanol–water partition coefficient (Wildman–Crippen LogP) is 2.92. The number of fused-ring (bicyclic) bond motifs is 4. The number of rotatable bonds is 0. The van der Waals surface area contributed by atoms with E-state index in [9.17, 15) is 4.79 Å². The van der Waals surface area contributed by atoms with Crippen LogP contribution in [0.5, 0.6) is 0 Å². The van der Waals surface area contributed by atoms with Gasteiger partial charge in [0.05, 0.1) is 22.8 Å². The van der Waals surface area contributed by atoms with Crippen LogP contribution in [-0.2, 0) is 0 Å². The summed E-state index contributed by atoms with van der Waals surface area (Å²) in [5.74, 6) is 0.174. The van der Waals surface area contributed by atoms with Gasteiger partial charge >= 0.3 is 0 Å². The number of nitrogens with zero attached hydrogens (tertiary/aromatic N) is 2. The minimum Gasteiger partial charge on any atom is -0.330 e. The maximum absolute atomic E-state index is 12.4.